The van der Waals surface area contributed by atoms with Crippen molar-refractivity contribution in [2.24, 2.45) is 0 Å². The van der Waals surface area contributed by atoms with E-state index in [1.54, 1.807) is 11.3 Å². The molecule has 3 aliphatic rings. The molecule has 0 spiro atoms. The summed E-state index contributed by atoms with van der Waals surface area (Å²) in [6.07, 6.45) is 11.0. The van der Waals surface area contributed by atoms with Gasteiger partial charge in [0.15, 0.2) is 5.16 Å². The van der Waals surface area contributed by atoms with Crippen molar-refractivity contribution in [1.29, 1.82) is 0 Å². The van der Waals surface area contributed by atoms with Gasteiger partial charge in [-0.1, -0.05) is 24.6 Å². The Kier molecular flexibility index (Phi) is 4.99. The van der Waals surface area contributed by atoms with E-state index in [1.165, 1.54) is 41.5 Å². The zero-order valence-corrected chi connectivity index (χ0v) is 18.0. The van der Waals surface area contributed by atoms with Gasteiger partial charge < -0.3 is 5.32 Å². The predicted octanol–water partition coefficient (Wildman–Crippen LogP) is 4.21. The number of amides is 1. The molecule has 2 aromatic heterocycles. The highest BCUT2D eigenvalue weighted by molar-refractivity contribution is 8.00. The van der Waals surface area contributed by atoms with E-state index in [0.717, 1.165) is 60.3 Å². The maximum atomic E-state index is 13.6. The molecule has 0 aliphatic heterocycles. The number of hydrogen-bond donors (Lipinski definition) is 1. The smallest absolute Gasteiger partial charge is 0.263 e. The molecule has 3 aliphatic carbocycles. The molecule has 2 aromatic rings. The molecular weight excluding hydrogens is 390 g/mol. The fourth-order valence-corrected chi connectivity index (χ4v) is 6.81. The van der Waals surface area contributed by atoms with Crippen LogP contribution in [0.1, 0.15) is 74.8 Å². The first-order valence-electron chi connectivity index (χ1n) is 10.7. The molecule has 28 heavy (non-hydrogen) atoms. The third kappa shape index (κ3) is 3.41. The van der Waals surface area contributed by atoms with Gasteiger partial charge in [0.05, 0.1) is 10.6 Å². The fraction of sp³-hybridized carbons (Fsp3) is 0.667. The summed E-state index contributed by atoms with van der Waals surface area (Å²) in [5, 5.41) is 4.44. The summed E-state index contributed by atoms with van der Waals surface area (Å²) < 4.78 is 1.95. The Morgan fingerprint density at radius 2 is 1.93 bits per heavy atom. The first-order valence-corrected chi connectivity index (χ1v) is 12.3. The maximum absolute atomic E-state index is 13.6. The average Bonchev–Trinajstić information content (AvgIpc) is 3.18. The van der Waals surface area contributed by atoms with E-state index in [4.69, 9.17) is 4.98 Å². The first kappa shape index (κ1) is 18.7. The number of fused-ring (bicyclic) bond motifs is 3. The molecule has 0 bridgehead atoms. The number of thiophene rings is 1. The Morgan fingerprint density at radius 3 is 2.68 bits per heavy atom. The second-order valence-electron chi connectivity index (χ2n) is 8.44. The Morgan fingerprint density at radius 1 is 1.18 bits per heavy atom. The van der Waals surface area contributed by atoms with Gasteiger partial charge in [0.25, 0.3) is 5.56 Å². The molecular formula is C21H27N3O2S2. The topological polar surface area (TPSA) is 64.0 Å². The van der Waals surface area contributed by atoms with Gasteiger partial charge in [-0.2, -0.15) is 0 Å². The Labute approximate surface area is 173 Å². The number of aryl methyl sites for hydroxylation is 2. The Bertz CT molecular complexity index is 970. The van der Waals surface area contributed by atoms with Crippen molar-refractivity contribution in [2.75, 3.05) is 0 Å². The van der Waals surface area contributed by atoms with E-state index in [-0.39, 0.29) is 22.8 Å². The molecule has 5 nitrogen and oxygen atoms in total. The van der Waals surface area contributed by atoms with Crippen molar-refractivity contribution in [3.05, 3.63) is 20.8 Å². The number of nitrogens with one attached hydrogen (secondary N) is 1. The molecule has 0 saturated heterocycles. The van der Waals surface area contributed by atoms with Crippen LogP contribution in [0.4, 0.5) is 0 Å². The van der Waals surface area contributed by atoms with Gasteiger partial charge in [0.1, 0.15) is 4.83 Å². The quantitative estimate of drug-likeness (QED) is 0.585. The van der Waals surface area contributed by atoms with Crippen LogP contribution in [0.2, 0.25) is 0 Å². The van der Waals surface area contributed by atoms with Crippen molar-refractivity contribution in [3.63, 3.8) is 0 Å². The van der Waals surface area contributed by atoms with Crippen molar-refractivity contribution in [3.8, 4) is 0 Å². The lowest BCUT2D eigenvalue weighted by Gasteiger charge is -2.20. The largest absolute Gasteiger partial charge is 0.352 e. The van der Waals surface area contributed by atoms with Crippen molar-refractivity contribution < 1.29 is 4.79 Å². The van der Waals surface area contributed by atoms with Crippen LogP contribution in [0.3, 0.4) is 0 Å². The Hall–Kier alpha value is -1.34. The SMILES string of the molecule is CC(Sc1nc2sc3c(c2c(=O)n1C1CCCC1)CCCC3)C(=O)NC1CC1. The lowest BCUT2D eigenvalue weighted by Crippen LogP contribution is -2.33. The van der Waals surface area contributed by atoms with Gasteiger partial charge in [-0.3, -0.25) is 14.2 Å². The standard InChI is InChI=1S/C21H27N3O2S2/c1-12(18(25)22-13-10-11-13)27-21-23-19-17(15-8-4-5-9-16(15)28-19)20(26)24(21)14-6-2-3-7-14/h12-14H,2-11H2,1H3,(H,22,25). The maximum Gasteiger partial charge on any atom is 0.263 e. The zero-order valence-electron chi connectivity index (χ0n) is 16.3. The molecule has 5 rings (SSSR count). The minimum absolute atomic E-state index is 0.0605. The summed E-state index contributed by atoms with van der Waals surface area (Å²) in [7, 11) is 0. The molecule has 1 unspecified atom stereocenters. The highest BCUT2D eigenvalue weighted by atomic mass is 32.2. The molecule has 2 fully saturated rings. The number of thioether (sulfide) groups is 1. The highest BCUT2D eigenvalue weighted by Crippen LogP contribution is 2.38. The summed E-state index contributed by atoms with van der Waals surface area (Å²) in [5.74, 6) is 0.0605. The lowest BCUT2D eigenvalue weighted by atomic mass is 9.97. The van der Waals surface area contributed by atoms with Crippen molar-refractivity contribution in [1.82, 2.24) is 14.9 Å². The number of carbonyl (C=O) groups is 1. The molecule has 150 valence electrons. The molecule has 1 N–H and O–H groups in total. The van der Waals surface area contributed by atoms with E-state index in [0.29, 0.717) is 6.04 Å². The number of hydrogen-bond acceptors (Lipinski definition) is 5. The van der Waals surface area contributed by atoms with Gasteiger partial charge in [0, 0.05) is 17.0 Å². The third-order valence-corrected chi connectivity index (χ3v) is 8.51. The van der Waals surface area contributed by atoms with Crippen LogP contribution in [0, 0.1) is 0 Å². The van der Waals surface area contributed by atoms with Crippen LogP contribution in [0.25, 0.3) is 10.2 Å². The van der Waals surface area contributed by atoms with Crippen molar-refractivity contribution in [2.45, 2.75) is 93.6 Å². The van der Waals surface area contributed by atoms with Crippen LogP contribution >= 0.6 is 23.1 Å². The Balaban J connectivity index is 1.57. The number of aromatic nitrogens is 2. The van der Waals surface area contributed by atoms with Crippen LogP contribution < -0.4 is 10.9 Å². The number of carbonyl (C=O) groups excluding carboxylic acids is 1. The van der Waals surface area contributed by atoms with E-state index in [1.807, 2.05) is 11.5 Å². The van der Waals surface area contributed by atoms with Gasteiger partial charge >= 0.3 is 0 Å². The highest BCUT2D eigenvalue weighted by Gasteiger charge is 2.30. The number of rotatable bonds is 5. The summed E-state index contributed by atoms with van der Waals surface area (Å²) in [4.78, 5) is 33.3. The van der Waals surface area contributed by atoms with E-state index >= 15 is 0 Å². The summed E-state index contributed by atoms with van der Waals surface area (Å²) in [5.41, 5.74) is 1.39. The van der Waals surface area contributed by atoms with Crippen LogP contribution in [0.5, 0.6) is 0 Å². The van der Waals surface area contributed by atoms with Crippen molar-refractivity contribution >= 4 is 39.2 Å². The molecule has 0 radical (unpaired) electrons. The second-order valence-corrected chi connectivity index (χ2v) is 10.8. The van der Waals surface area contributed by atoms with Crippen LogP contribution in [-0.4, -0.2) is 26.8 Å². The summed E-state index contributed by atoms with van der Waals surface area (Å²) in [6, 6.07) is 0.580. The fourth-order valence-electron chi connectivity index (χ4n) is 4.52. The van der Waals surface area contributed by atoms with E-state index in [9.17, 15) is 9.59 Å². The first-order chi connectivity index (χ1) is 13.6. The number of nitrogens with zero attached hydrogens (tertiary/aromatic N) is 2. The van der Waals surface area contributed by atoms with E-state index < -0.39 is 0 Å². The van der Waals surface area contributed by atoms with Crippen LogP contribution in [-0.2, 0) is 17.6 Å². The van der Waals surface area contributed by atoms with Gasteiger partial charge in [-0.15, -0.1) is 11.3 Å². The monoisotopic (exact) mass is 417 g/mol. The molecule has 1 atom stereocenters. The molecule has 7 heteroatoms. The third-order valence-electron chi connectivity index (χ3n) is 6.25. The molecule has 0 aromatic carbocycles. The van der Waals surface area contributed by atoms with E-state index in [2.05, 4.69) is 5.32 Å². The summed E-state index contributed by atoms with van der Waals surface area (Å²) >= 11 is 3.15. The predicted molar refractivity (Wildman–Crippen MR) is 115 cm³/mol. The zero-order chi connectivity index (χ0) is 19.3. The molecule has 1 amide bonds. The minimum atomic E-state index is -0.243. The van der Waals surface area contributed by atoms with Gasteiger partial charge in [-0.05, 0) is 63.9 Å². The van der Waals surface area contributed by atoms with Crippen LogP contribution in [0.15, 0.2) is 9.95 Å². The van der Waals surface area contributed by atoms with Gasteiger partial charge in [0.2, 0.25) is 5.91 Å². The summed E-state index contributed by atoms with van der Waals surface area (Å²) in [6.45, 7) is 1.93. The van der Waals surface area contributed by atoms with Gasteiger partial charge in [-0.25, -0.2) is 4.98 Å². The average molecular weight is 418 g/mol. The molecule has 2 heterocycles. The molecule has 2 saturated carbocycles. The minimum Gasteiger partial charge on any atom is -0.352 e. The lowest BCUT2D eigenvalue weighted by molar-refractivity contribution is -0.120. The second kappa shape index (κ2) is 7.48. The normalized spacial score (nSPS) is 21.0.